The Morgan fingerprint density at radius 1 is 2.25 bits per heavy atom. The summed E-state index contributed by atoms with van der Waals surface area (Å²) < 4.78 is 49.0. The molecule has 3 N–H and O–H groups in total. The summed E-state index contributed by atoms with van der Waals surface area (Å²) in [6, 6.07) is -3.18. The molecule has 8 heavy (non-hydrogen) atoms. The van der Waals surface area contributed by atoms with Crippen LogP contribution in [0.2, 0.25) is 2.82 Å². The van der Waals surface area contributed by atoms with Crippen molar-refractivity contribution in [2.75, 3.05) is 0 Å². The van der Waals surface area contributed by atoms with Gasteiger partial charge in [0, 0.05) is 5.48 Å². The molecule has 0 bridgehead atoms. The number of hydrogen-bond donors (Lipinski definition) is 2. The number of hydrogen-bond acceptors (Lipinski definition) is 2. The summed E-state index contributed by atoms with van der Waals surface area (Å²) in [5.41, 5.74) is -0.589. The Hall–Kier alpha value is -0.570. The lowest BCUT2D eigenvalue weighted by molar-refractivity contribution is -0.139. The van der Waals surface area contributed by atoms with Crippen LogP contribution in [0.15, 0.2) is 0 Å². The predicted molar refractivity (Wildman–Crippen MR) is 30.4 cm³/mol. The third kappa shape index (κ3) is 1.93. The van der Waals surface area contributed by atoms with Gasteiger partial charge in [0.05, 0.1) is 1.37 Å². The molecule has 0 saturated heterocycles. The smallest absolute Gasteiger partial charge is 0.320 e. The molecule has 0 spiro atoms. The number of rotatable bonds is 3. The Morgan fingerprint density at radius 2 is 2.88 bits per heavy atom. The molecule has 0 aliphatic rings. The summed E-state index contributed by atoms with van der Waals surface area (Å²) in [6.45, 7) is -2.40. The van der Waals surface area contributed by atoms with Crippen molar-refractivity contribution in [1.82, 2.24) is 0 Å². The van der Waals surface area contributed by atoms with Crippen molar-refractivity contribution >= 4 is 5.97 Å². The van der Waals surface area contributed by atoms with Gasteiger partial charge in [-0.2, -0.15) is 0 Å². The minimum Gasteiger partial charge on any atom is -0.480 e. The van der Waals surface area contributed by atoms with Gasteiger partial charge in [-0.25, -0.2) is 0 Å². The van der Waals surface area contributed by atoms with Gasteiger partial charge in [-0.15, -0.1) is 0 Å². The average molecular weight is 124 g/mol. The summed E-state index contributed by atoms with van der Waals surface area (Å²) in [7, 11) is 0. The minimum atomic E-state index is -3.18. The zero-order valence-electron chi connectivity index (χ0n) is 11.3. The number of carboxylic acids is 1. The Labute approximate surface area is 58.4 Å². The molecule has 0 radical (unpaired) electrons. The van der Waals surface area contributed by atoms with E-state index in [1.807, 2.05) is 0 Å². The first kappa shape index (κ1) is 1.70. The van der Waals surface area contributed by atoms with Crippen LogP contribution < -0.4 is 5.72 Å². The van der Waals surface area contributed by atoms with Crippen LogP contribution in [0.1, 0.15) is 20.6 Å². The van der Waals surface area contributed by atoms with Crippen LogP contribution in [0.4, 0.5) is 0 Å². The van der Waals surface area contributed by atoms with Gasteiger partial charge in [0.25, 0.3) is 0 Å². The van der Waals surface area contributed by atoms with E-state index in [1.165, 1.54) is 0 Å². The molecular weight excluding hydrogens is 106 g/mol. The second kappa shape index (κ2) is 2.67. The van der Waals surface area contributed by atoms with Gasteiger partial charge in [-0.3, -0.25) is 4.79 Å². The van der Waals surface area contributed by atoms with Crippen molar-refractivity contribution in [2.45, 2.75) is 19.8 Å². The quantitative estimate of drug-likeness (QED) is 0.559. The van der Waals surface area contributed by atoms with Gasteiger partial charge in [0.2, 0.25) is 0 Å². The third-order valence-electron chi connectivity index (χ3n) is 0.558. The van der Waals surface area contributed by atoms with Crippen molar-refractivity contribution in [3.05, 3.63) is 0 Å². The van der Waals surface area contributed by atoms with Crippen molar-refractivity contribution in [2.24, 2.45) is 11.6 Å². The molecule has 48 valence electrons. The molecule has 0 fully saturated rings. The highest BCUT2D eigenvalue weighted by molar-refractivity contribution is 5.73. The molecule has 1 unspecified atom stereocenters. The zero-order chi connectivity index (χ0) is 12.7. The van der Waals surface area contributed by atoms with Gasteiger partial charge in [-0.1, -0.05) is 13.8 Å². The lowest BCUT2D eigenvalue weighted by atomic mass is 10.1. The maximum Gasteiger partial charge on any atom is 0.320 e. The van der Waals surface area contributed by atoms with E-state index in [-0.39, 0.29) is 0 Å². The number of carbonyl (C=O) groups is 1. The van der Waals surface area contributed by atoms with Crippen molar-refractivity contribution in [1.29, 1.82) is 0 Å². The van der Waals surface area contributed by atoms with Gasteiger partial charge in [-0.05, 0) is 5.89 Å². The van der Waals surface area contributed by atoms with Crippen molar-refractivity contribution in [3.63, 3.8) is 0 Å². The van der Waals surface area contributed by atoms with Crippen LogP contribution in [-0.2, 0) is 4.79 Å². The molecular formula is C5H11NO2. The van der Waals surface area contributed by atoms with E-state index in [0.29, 0.717) is 6.92 Å². The Bertz CT molecular complexity index is 263. The zero-order valence-corrected chi connectivity index (χ0v) is 4.30. The van der Waals surface area contributed by atoms with E-state index in [0.717, 1.165) is 0 Å². The minimum absolute atomic E-state index is 0.589. The van der Waals surface area contributed by atoms with Crippen LogP contribution in [-0.4, -0.2) is 17.1 Å². The molecule has 0 aliphatic heterocycles. The van der Waals surface area contributed by atoms with Crippen LogP contribution in [0.5, 0.6) is 0 Å². The van der Waals surface area contributed by atoms with E-state index in [9.17, 15) is 4.79 Å². The topological polar surface area (TPSA) is 63.3 Å². The maximum atomic E-state index is 10.7. The number of aliphatic carboxylic acids is 1. The number of carboxylic acid groups (broad SMARTS) is 1. The van der Waals surface area contributed by atoms with Gasteiger partial charge in [0.15, 0.2) is 0 Å². The van der Waals surface area contributed by atoms with E-state index in [2.05, 4.69) is 0 Å². The summed E-state index contributed by atoms with van der Waals surface area (Å²) in [4.78, 5) is 10.7. The van der Waals surface area contributed by atoms with Crippen LogP contribution in [0.25, 0.3) is 0 Å². The standard InChI is InChI=1S/C5H11NO2/c1-3(2)4(6)5(7)8/h3-4H,6H2,1-2H3,(H,7,8)/t4-/m0/s1/i1D3,3D,4D/hD2/t3?,4-. The predicted octanol–water partition coefficient (Wildman–Crippen LogP) is 0.0543. The summed E-state index contributed by atoms with van der Waals surface area (Å²) >= 11 is 0. The maximum absolute atomic E-state index is 10.7. The highest BCUT2D eigenvalue weighted by Gasteiger charge is 2.14. The first-order valence-corrected chi connectivity index (χ1v) is 1.90. The van der Waals surface area contributed by atoms with Crippen LogP contribution in [0.3, 0.4) is 0 Å². The molecule has 0 aromatic carbocycles. The largest absolute Gasteiger partial charge is 0.480 e. The average Bonchev–Trinajstić information content (AvgIpc) is 1.99. The molecule has 0 aromatic heterocycles. The van der Waals surface area contributed by atoms with Crippen molar-refractivity contribution in [3.8, 4) is 0 Å². The Morgan fingerprint density at radius 3 is 3.00 bits per heavy atom. The van der Waals surface area contributed by atoms with Gasteiger partial charge in [0.1, 0.15) is 8.84 Å². The SMILES string of the molecule is [2H]N([2H])[C@]([2H])(C(=O)O)C([2H])(C)C([2H])([2H])[2H]. The first-order chi connectivity index (χ1) is 6.39. The Balaban J connectivity index is 5.57. The summed E-state index contributed by atoms with van der Waals surface area (Å²) in [6.07, 6.45) is 0. The fourth-order valence-corrected chi connectivity index (χ4v) is 0.160. The third-order valence-corrected chi connectivity index (χ3v) is 0.558. The van der Waals surface area contributed by atoms with Crippen molar-refractivity contribution < 1.29 is 19.6 Å². The fraction of sp³-hybridized carbons (Fsp3) is 0.800. The van der Waals surface area contributed by atoms with Gasteiger partial charge < -0.3 is 10.8 Å². The molecule has 0 aliphatic carbocycles. The van der Waals surface area contributed by atoms with E-state index >= 15 is 0 Å². The van der Waals surface area contributed by atoms with E-state index < -0.39 is 30.5 Å². The molecule has 2 atom stereocenters. The fourth-order valence-electron chi connectivity index (χ4n) is 0.160. The monoisotopic (exact) mass is 124 g/mol. The molecule has 3 heteroatoms. The second-order valence-corrected chi connectivity index (χ2v) is 1.28. The molecule has 0 saturated carbocycles. The first-order valence-electron chi connectivity index (χ1n) is 5.30. The van der Waals surface area contributed by atoms with Gasteiger partial charge >= 0.3 is 5.97 Å². The lowest BCUT2D eigenvalue weighted by Crippen LogP contribution is -2.34. The second-order valence-electron chi connectivity index (χ2n) is 1.28. The summed E-state index contributed by atoms with van der Waals surface area (Å²) in [5.74, 6) is -4.82. The highest BCUT2D eigenvalue weighted by atomic mass is 16.4. The van der Waals surface area contributed by atoms with Crippen LogP contribution >= 0.6 is 0 Å². The normalized spacial score (nSPS) is 40.0. The molecule has 0 amide bonds. The van der Waals surface area contributed by atoms with Crippen LogP contribution in [0, 0.1) is 5.89 Å². The van der Waals surface area contributed by atoms with E-state index in [1.54, 1.807) is 0 Å². The molecule has 0 rings (SSSR count). The molecule has 0 aromatic rings. The molecule has 0 heterocycles. The number of nitrogens with two attached hydrogens (primary N) is 1. The summed E-state index contributed by atoms with van der Waals surface area (Å²) in [5, 5.41) is 8.66. The van der Waals surface area contributed by atoms with E-state index in [4.69, 9.17) is 14.8 Å². The lowest BCUT2D eigenvalue weighted by Gasteiger charge is -2.07. The highest BCUT2D eigenvalue weighted by Crippen LogP contribution is 1.96. The Kier molecular flexibility index (Phi) is 0.568. The molecule has 3 nitrogen and oxygen atoms in total.